The van der Waals surface area contributed by atoms with Gasteiger partial charge in [0.05, 0.1) is 13.2 Å². The second-order valence-electron chi connectivity index (χ2n) is 3.33. The summed E-state index contributed by atoms with van der Waals surface area (Å²) in [5, 5.41) is 13.0. The standard InChI is InChI=1S/C8H10N2O5/c11-7(12)6-8(13)15-9-10(6)5-1-3-14-4-2-5/h5H,1-4H2,(H-,9,11,12,13). The van der Waals surface area contributed by atoms with Crippen molar-refractivity contribution < 1.29 is 23.8 Å². The Balaban J connectivity index is 2.34. The van der Waals surface area contributed by atoms with Crippen LogP contribution in [0.25, 0.3) is 0 Å². The lowest BCUT2D eigenvalue weighted by molar-refractivity contribution is -0.790. The highest BCUT2D eigenvalue weighted by atomic mass is 16.5. The number of H-pyrrole nitrogens is 1. The first-order chi connectivity index (χ1) is 7.20. The first-order valence-electron chi connectivity index (χ1n) is 4.62. The molecule has 1 aromatic heterocycles. The van der Waals surface area contributed by atoms with Gasteiger partial charge in [0, 0.05) is 12.8 Å². The van der Waals surface area contributed by atoms with E-state index in [1.807, 2.05) is 0 Å². The SMILES string of the molecule is O=C([O-])c1c(=O)o[nH][n+]1C1CCOCC1. The molecule has 0 amide bonds. The molecular weight excluding hydrogens is 204 g/mol. The third kappa shape index (κ3) is 1.78. The molecule has 1 aliphatic rings. The first kappa shape index (κ1) is 9.91. The highest BCUT2D eigenvalue weighted by Crippen LogP contribution is 2.13. The minimum atomic E-state index is -1.53. The molecule has 0 spiro atoms. The van der Waals surface area contributed by atoms with Crippen molar-refractivity contribution in [3.63, 3.8) is 0 Å². The maximum absolute atomic E-state index is 11.1. The van der Waals surface area contributed by atoms with Crippen LogP contribution in [0.4, 0.5) is 0 Å². The Bertz CT molecular complexity index is 415. The van der Waals surface area contributed by atoms with Crippen molar-refractivity contribution in [3.05, 3.63) is 16.1 Å². The topological polar surface area (TPSA) is 99.2 Å². The lowest BCUT2D eigenvalue weighted by Gasteiger charge is -2.15. The Hall–Kier alpha value is -1.63. The highest BCUT2D eigenvalue weighted by Gasteiger charge is 2.31. The van der Waals surface area contributed by atoms with Crippen LogP contribution >= 0.6 is 0 Å². The maximum atomic E-state index is 11.1. The molecule has 1 fully saturated rings. The minimum Gasteiger partial charge on any atom is -0.539 e. The molecule has 0 bridgehead atoms. The van der Waals surface area contributed by atoms with Crippen molar-refractivity contribution in [1.82, 2.24) is 5.27 Å². The summed E-state index contributed by atoms with van der Waals surface area (Å²) in [7, 11) is 0. The highest BCUT2D eigenvalue weighted by molar-refractivity contribution is 5.80. The molecule has 2 heterocycles. The maximum Gasteiger partial charge on any atom is 0.436 e. The van der Waals surface area contributed by atoms with Gasteiger partial charge in [0.25, 0.3) is 0 Å². The summed E-state index contributed by atoms with van der Waals surface area (Å²) in [6, 6.07) is -0.113. The average molecular weight is 214 g/mol. The van der Waals surface area contributed by atoms with Crippen LogP contribution in [-0.4, -0.2) is 24.5 Å². The number of carboxylic acids is 1. The summed E-state index contributed by atoms with van der Waals surface area (Å²) in [4.78, 5) is 21.8. The molecule has 0 atom stereocenters. The second-order valence-corrected chi connectivity index (χ2v) is 3.33. The van der Waals surface area contributed by atoms with E-state index in [0.717, 1.165) is 0 Å². The van der Waals surface area contributed by atoms with E-state index in [9.17, 15) is 14.7 Å². The Morgan fingerprint density at radius 1 is 1.47 bits per heavy atom. The summed E-state index contributed by atoms with van der Waals surface area (Å²) >= 11 is 0. The monoisotopic (exact) mass is 214 g/mol. The summed E-state index contributed by atoms with van der Waals surface area (Å²) < 4.78 is 10.8. The molecule has 1 aliphatic heterocycles. The summed E-state index contributed by atoms with van der Waals surface area (Å²) in [5.74, 6) is -1.53. The zero-order valence-corrected chi connectivity index (χ0v) is 7.89. The summed E-state index contributed by atoms with van der Waals surface area (Å²) in [5.41, 5.74) is -1.39. The van der Waals surface area contributed by atoms with Crippen LogP contribution in [0.15, 0.2) is 9.32 Å². The Morgan fingerprint density at radius 2 is 2.13 bits per heavy atom. The van der Waals surface area contributed by atoms with Crippen LogP contribution in [0, 0.1) is 0 Å². The number of hydrogen-bond donors (Lipinski definition) is 1. The number of rotatable bonds is 2. The van der Waals surface area contributed by atoms with Gasteiger partial charge in [-0.3, -0.25) is 4.52 Å². The normalized spacial score (nSPS) is 17.9. The van der Waals surface area contributed by atoms with Crippen LogP contribution in [0.3, 0.4) is 0 Å². The lowest BCUT2D eigenvalue weighted by atomic mass is 10.1. The fourth-order valence-corrected chi connectivity index (χ4v) is 1.67. The molecule has 1 aromatic rings. The Morgan fingerprint density at radius 3 is 2.73 bits per heavy atom. The van der Waals surface area contributed by atoms with Crippen LogP contribution < -0.4 is 15.4 Å². The zero-order chi connectivity index (χ0) is 10.8. The van der Waals surface area contributed by atoms with Gasteiger partial charge >= 0.3 is 11.3 Å². The van der Waals surface area contributed by atoms with Crippen molar-refractivity contribution in [3.8, 4) is 0 Å². The summed E-state index contributed by atoms with van der Waals surface area (Å²) in [6.45, 7) is 1.08. The molecule has 7 nitrogen and oxygen atoms in total. The largest absolute Gasteiger partial charge is 0.539 e. The van der Waals surface area contributed by atoms with Gasteiger partial charge in [0.15, 0.2) is 6.04 Å². The lowest BCUT2D eigenvalue weighted by Crippen LogP contribution is -2.52. The number of nitrogens with zero attached hydrogens (tertiary/aromatic N) is 1. The first-order valence-corrected chi connectivity index (χ1v) is 4.62. The predicted octanol–water partition coefficient (Wildman–Crippen LogP) is -2.03. The Labute approximate surface area is 84.2 Å². The second kappa shape index (κ2) is 3.85. The van der Waals surface area contributed by atoms with Gasteiger partial charge in [-0.1, -0.05) is 4.68 Å². The van der Waals surface area contributed by atoms with E-state index < -0.39 is 17.3 Å². The van der Waals surface area contributed by atoms with E-state index in [4.69, 9.17) is 4.74 Å². The molecule has 0 radical (unpaired) electrons. The molecule has 1 N–H and O–H groups in total. The van der Waals surface area contributed by atoms with E-state index in [1.54, 1.807) is 0 Å². The molecule has 2 rings (SSSR count). The molecule has 0 aliphatic carbocycles. The molecule has 15 heavy (non-hydrogen) atoms. The van der Waals surface area contributed by atoms with Gasteiger partial charge in [-0.25, -0.2) is 4.79 Å². The van der Waals surface area contributed by atoms with E-state index in [2.05, 4.69) is 9.79 Å². The number of carbonyl (C=O) groups is 1. The number of ether oxygens (including phenoxy) is 1. The predicted molar refractivity (Wildman–Crippen MR) is 42.9 cm³/mol. The van der Waals surface area contributed by atoms with Crippen molar-refractivity contribution in [1.29, 1.82) is 0 Å². The number of carboxylic acid groups (broad SMARTS) is 1. The quantitative estimate of drug-likeness (QED) is 0.572. The van der Waals surface area contributed by atoms with Crippen LogP contribution in [-0.2, 0) is 4.74 Å². The zero-order valence-electron chi connectivity index (χ0n) is 7.89. The van der Waals surface area contributed by atoms with Gasteiger partial charge in [-0.15, -0.1) is 0 Å². The molecule has 1 saturated heterocycles. The van der Waals surface area contributed by atoms with Crippen molar-refractivity contribution >= 4 is 5.97 Å². The van der Waals surface area contributed by atoms with Gasteiger partial charge in [-0.2, -0.15) is 0 Å². The van der Waals surface area contributed by atoms with Gasteiger partial charge in [-0.05, 0) is 5.27 Å². The smallest absolute Gasteiger partial charge is 0.436 e. The van der Waals surface area contributed by atoms with Gasteiger partial charge < -0.3 is 14.6 Å². The molecule has 0 aromatic carbocycles. The summed E-state index contributed by atoms with van der Waals surface area (Å²) in [6.07, 6.45) is 1.28. The molecule has 82 valence electrons. The molecular formula is C8H10N2O5. The number of aromatic nitrogens is 2. The van der Waals surface area contributed by atoms with E-state index in [1.165, 1.54) is 4.68 Å². The van der Waals surface area contributed by atoms with Gasteiger partial charge in [0.1, 0.15) is 5.97 Å². The van der Waals surface area contributed by atoms with E-state index >= 15 is 0 Å². The van der Waals surface area contributed by atoms with E-state index in [-0.39, 0.29) is 6.04 Å². The van der Waals surface area contributed by atoms with Crippen molar-refractivity contribution in [2.75, 3.05) is 13.2 Å². The fourth-order valence-electron chi connectivity index (χ4n) is 1.67. The van der Waals surface area contributed by atoms with Crippen LogP contribution in [0.2, 0.25) is 0 Å². The molecule has 0 unspecified atom stereocenters. The number of aromatic amines is 1. The Kier molecular flexibility index (Phi) is 2.55. The third-order valence-corrected chi connectivity index (χ3v) is 2.42. The molecule has 0 saturated carbocycles. The number of aromatic carboxylic acids is 1. The van der Waals surface area contributed by atoms with Gasteiger partial charge in [0.2, 0.25) is 0 Å². The van der Waals surface area contributed by atoms with Crippen molar-refractivity contribution in [2.45, 2.75) is 18.9 Å². The fraction of sp³-hybridized carbons (Fsp3) is 0.625. The average Bonchev–Trinajstić information content (AvgIpc) is 2.61. The minimum absolute atomic E-state index is 0.113. The van der Waals surface area contributed by atoms with Crippen molar-refractivity contribution in [2.24, 2.45) is 0 Å². The molecule has 7 heteroatoms. The number of hydrogen-bond acceptors (Lipinski definition) is 5. The number of carbonyl (C=O) groups excluding carboxylic acids is 1. The van der Waals surface area contributed by atoms with E-state index in [0.29, 0.717) is 26.1 Å². The third-order valence-electron chi connectivity index (χ3n) is 2.42. The van der Waals surface area contributed by atoms with Crippen LogP contribution in [0.1, 0.15) is 29.4 Å². The number of nitrogens with one attached hydrogen (secondary N) is 1. The van der Waals surface area contributed by atoms with Crippen LogP contribution in [0.5, 0.6) is 0 Å².